The summed E-state index contributed by atoms with van der Waals surface area (Å²) in [4.78, 5) is 50.0. The molecule has 1 aliphatic carbocycles. The molecule has 0 unspecified atom stereocenters. The summed E-state index contributed by atoms with van der Waals surface area (Å²) in [6.07, 6.45) is 3.43. The van der Waals surface area contributed by atoms with E-state index < -0.39 is 0 Å². The molecular weight excluding hydrogens is 440 g/mol. The molecule has 2 aromatic carbocycles. The molecule has 1 N–H and O–H groups in total. The first-order valence-electron chi connectivity index (χ1n) is 11.2. The molecule has 35 heavy (non-hydrogen) atoms. The van der Waals surface area contributed by atoms with Gasteiger partial charge in [0, 0.05) is 42.2 Å². The van der Waals surface area contributed by atoms with Gasteiger partial charge in [0.15, 0.2) is 11.6 Å². The zero-order valence-corrected chi connectivity index (χ0v) is 18.8. The summed E-state index contributed by atoms with van der Waals surface area (Å²) in [6.45, 7) is 0.945. The number of aromatic nitrogens is 2. The fourth-order valence-electron chi connectivity index (χ4n) is 4.25. The third-order valence-electron chi connectivity index (χ3n) is 5.82. The van der Waals surface area contributed by atoms with E-state index in [2.05, 4.69) is 15.3 Å². The van der Waals surface area contributed by atoms with Crippen LogP contribution in [0.5, 0.6) is 0 Å². The third kappa shape index (κ3) is 4.76. The SMILES string of the molecule is O=C(CN(Cc1ccccn1)Cc1ccccn1)Nc1cccc2c1C(=O)c1ccccc1C2=O. The lowest BCUT2D eigenvalue weighted by Crippen LogP contribution is -2.33. The van der Waals surface area contributed by atoms with Gasteiger partial charge in [-0.3, -0.25) is 29.3 Å². The topological polar surface area (TPSA) is 92.3 Å². The molecule has 0 radical (unpaired) electrons. The molecule has 0 aliphatic heterocycles. The number of nitrogens with one attached hydrogen (secondary N) is 1. The van der Waals surface area contributed by atoms with Crippen molar-refractivity contribution in [2.24, 2.45) is 0 Å². The average Bonchev–Trinajstić information content (AvgIpc) is 2.88. The zero-order valence-electron chi connectivity index (χ0n) is 18.8. The molecule has 5 rings (SSSR count). The summed E-state index contributed by atoms with van der Waals surface area (Å²) >= 11 is 0. The maximum absolute atomic E-state index is 13.2. The van der Waals surface area contributed by atoms with Gasteiger partial charge in [0.1, 0.15) is 0 Å². The van der Waals surface area contributed by atoms with Crippen LogP contribution >= 0.6 is 0 Å². The van der Waals surface area contributed by atoms with Crippen LogP contribution in [0.4, 0.5) is 5.69 Å². The van der Waals surface area contributed by atoms with Gasteiger partial charge in [0.25, 0.3) is 0 Å². The quantitative estimate of drug-likeness (QED) is 0.395. The van der Waals surface area contributed by atoms with E-state index in [9.17, 15) is 14.4 Å². The third-order valence-corrected chi connectivity index (χ3v) is 5.82. The van der Waals surface area contributed by atoms with Crippen molar-refractivity contribution in [2.75, 3.05) is 11.9 Å². The van der Waals surface area contributed by atoms with E-state index in [1.54, 1.807) is 54.9 Å². The van der Waals surface area contributed by atoms with Crippen LogP contribution in [0.3, 0.4) is 0 Å². The summed E-state index contributed by atoms with van der Waals surface area (Å²) in [7, 11) is 0. The Kier molecular flexibility index (Phi) is 6.24. The maximum atomic E-state index is 13.2. The summed E-state index contributed by atoms with van der Waals surface area (Å²) in [5, 5.41) is 2.86. The van der Waals surface area contributed by atoms with E-state index in [1.165, 1.54) is 0 Å². The molecule has 0 atom stereocenters. The number of rotatable bonds is 7. The van der Waals surface area contributed by atoms with Crippen LogP contribution in [0.25, 0.3) is 0 Å². The Bertz CT molecular complexity index is 1360. The Morgan fingerprint density at radius 2 is 1.26 bits per heavy atom. The van der Waals surface area contributed by atoms with Crippen molar-refractivity contribution < 1.29 is 14.4 Å². The normalized spacial score (nSPS) is 12.3. The van der Waals surface area contributed by atoms with Crippen molar-refractivity contribution >= 4 is 23.2 Å². The highest BCUT2D eigenvalue weighted by molar-refractivity contribution is 6.30. The van der Waals surface area contributed by atoms with Gasteiger partial charge in [-0.2, -0.15) is 0 Å². The minimum absolute atomic E-state index is 0.0511. The van der Waals surface area contributed by atoms with Crippen LogP contribution in [-0.4, -0.2) is 38.9 Å². The molecule has 0 saturated carbocycles. The number of carbonyl (C=O) groups is 3. The van der Waals surface area contributed by atoms with Crippen molar-refractivity contribution in [2.45, 2.75) is 13.1 Å². The second kappa shape index (κ2) is 9.79. The van der Waals surface area contributed by atoms with Crippen LogP contribution in [0.1, 0.15) is 43.2 Å². The molecule has 2 aromatic heterocycles. The predicted octanol–water partition coefficient (Wildman–Crippen LogP) is 3.89. The van der Waals surface area contributed by atoms with Crippen molar-refractivity contribution in [1.82, 2.24) is 14.9 Å². The largest absolute Gasteiger partial charge is 0.324 e. The number of hydrogen-bond donors (Lipinski definition) is 1. The van der Waals surface area contributed by atoms with E-state index in [0.717, 1.165) is 11.4 Å². The molecule has 4 aromatic rings. The van der Waals surface area contributed by atoms with Gasteiger partial charge >= 0.3 is 0 Å². The number of carbonyl (C=O) groups excluding carboxylic acids is 3. The van der Waals surface area contributed by atoms with Crippen molar-refractivity contribution in [3.63, 3.8) is 0 Å². The second-order valence-corrected chi connectivity index (χ2v) is 8.27. The predicted molar refractivity (Wildman–Crippen MR) is 131 cm³/mol. The van der Waals surface area contributed by atoms with Crippen LogP contribution in [0.2, 0.25) is 0 Å². The number of hydrogen-bond acceptors (Lipinski definition) is 6. The fourth-order valence-corrected chi connectivity index (χ4v) is 4.25. The van der Waals surface area contributed by atoms with Crippen LogP contribution in [0.15, 0.2) is 91.3 Å². The van der Waals surface area contributed by atoms with E-state index >= 15 is 0 Å². The van der Waals surface area contributed by atoms with Crippen LogP contribution < -0.4 is 5.32 Å². The average molecular weight is 463 g/mol. The molecular formula is C28H22N4O3. The standard InChI is InChI=1S/C28H22N4O3/c33-25(18-32(16-19-8-3-5-14-29-19)17-20-9-4-6-15-30-20)31-24-13-7-12-23-26(24)28(35)22-11-2-1-10-21(22)27(23)34/h1-15H,16-18H2,(H,31,33). The maximum Gasteiger partial charge on any atom is 0.238 e. The number of ketones is 2. The monoisotopic (exact) mass is 462 g/mol. The number of amides is 1. The lowest BCUT2D eigenvalue weighted by molar-refractivity contribution is -0.117. The van der Waals surface area contributed by atoms with Gasteiger partial charge in [0.05, 0.1) is 29.2 Å². The Labute approximate surface area is 202 Å². The first-order valence-corrected chi connectivity index (χ1v) is 11.2. The summed E-state index contributed by atoms with van der Waals surface area (Å²) in [5.74, 6) is -0.799. The minimum Gasteiger partial charge on any atom is -0.324 e. The molecule has 0 spiro atoms. The van der Waals surface area contributed by atoms with Gasteiger partial charge < -0.3 is 5.32 Å². The Hall–Kier alpha value is -4.49. The smallest absolute Gasteiger partial charge is 0.238 e. The lowest BCUT2D eigenvalue weighted by Gasteiger charge is -2.23. The van der Waals surface area contributed by atoms with Crippen LogP contribution in [0, 0.1) is 0 Å². The van der Waals surface area contributed by atoms with Gasteiger partial charge in [-0.15, -0.1) is 0 Å². The highest BCUT2D eigenvalue weighted by Crippen LogP contribution is 2.31. The van der Waals surface area contributed by atoms with Crippen LogP contribution in [-0.2, 0) is 17.9 Å². The first kappa shape index (κ1) is 22.3. The second-order valence-electron chi connectivity index (χ2n) is 8.27. The Morgan fingerprint density at radius 3 is 1.86 bits per heavy atom. The number of nitrogens with zero attached hydrogens (tertiary/aromatic N) is 3. The van der Waals surface area contributed by atoms with Gasteiger partial charge in [-0.25, -0.2) is 0 Å². The molecule has 7 nitrogen and oxygen atoms in total. The molecule has 172 valence electrons. The number of anilines is 1. The summed E-state index contributed by atoms with van der Waals surface area (Å²) < 4.78 is 0. The lowest BCUT2D eigenvalue weighted by atomic mass is 9.83. The Balaban J connectivity index is 1.38. The van der Waals surface area contributed by atoms with E-state index in [1.807, 2.05) is 41.3 Å². The number of pyridine rings is 2. The van der Waals surface area contributed by atoms with Gasteiger partial charge in [-0.05, 0) is 30.3 Å². The molecule has 0 bridgehead atoms. The molecule has 1 aliphatic rings. The van der Waals surface area contributed by atoms with Gasteiger partial charge in [-0.1, -0.05) is 48.5 Å². The summed E-state index contributed by atoms with van der Waals surface area (Å²) in [6, 6.07) is 23.0. The number of benzene rings is 2. The van der Waals surface area contributed by atoms with Gasteiger partial charge in [0.2, 0.25) is 5.91 Å². The van der Waals surface area contributed by atoms with E-state index in [0.29, 0.717) is 35.5 Å². The zero-order chi connectivity index (χ0) is 24.2. The highest BCUT2D eigenvalue weighted by atomic mass is 16.2. The molecule has 2 heterocycles. The molecule has 0 fully saturated rings. The number of fused-ring (bicyclic) bond motifs is 2. The first-order chi connectivity index (χ1) is 17.1. The minimum atomic E-state index is -0.302. The van der Waals surface area contributed by atoms with Crippen molar-refractivity contribution in [3.05, 3.63) is 125 Å². The summed E-state index contributed by atoms with van der Waals surface area (Å²) in [5.41, 5.74) is 3.23. The fraction of sp³-hybridized carbons (Fsp3) is 0.107. The van der Waals surface area contributed by atoms with Crippen molar-refractivity contribution in [3.8, 4) is 0 Å². The van der Waals surface area contributed by atoms with E-state index in [4.69, 9.17) is 0 Å². The molecule has 1 amide bonds. The van der Waals surface area contributed by atoms with Crippen molar-refractivity contribution in [1.29, 1.82) is 0 Å². The Morgan fingerprint density at radius 1 is 0.686 bits per heavy atom. The highest BCUT2D eigenvalue weighted by Gasteiger charge is 2.31. The van der Waals surface area contributed by atoms with E-state index in [-0.39, 0.29) is 29.6 Å². The molecule has 7 heteroatoms. The molecule has 0 saturated heterocycles.